The van der Waals surface area contributed by atoms with Crippen molar-refractivity contribution in [1.82, 2.24) is 0 Å². The van der Waals surface area contributed by atoms with E-state index in [0.29, 0.717) is 11.3 Å². The normalized spacial score (nSPS) is 10.7. The van der Waals surface area contributed by atoms with Crippen molar-refractivity contribution in [3.8, 4) is 0 Å². The van der Waals surface area contributed by atoms with Gasteiger partial charge in [0.1, 0.15) is 11.3 Å². The van der Waals surface area contributed by atoms with Crippen LogP contribution in [0, 0.1) is 0 Å². The summed E-state index contributed by atoms with van der Waals surface area (Å²) in [6.45, 7) is 1.73. The molecule has 0 saturated carbocycles. The molecule has 0 N–H and O–H groups in total. The molecule has 0 saturated heterocycles. The summed E-state index contributed by atoms with van der Waals surface area (Å²) in [6, 6.07) is 3.50. The van der Waals surface area contributed by atoms with Crippen molar-refractivity contribution >= 4 is 18.0 Å². The highest BCUT2D eigenvalue weighted by molar-refractivity contribution is 6.14. The minimum Gasteiger partial charge on any atom is -0.465 e. The third-order valence-corrected chi connectivity index (χ3v) is 2.10. The fourth-order valence-electron chi connectivity index (χ4n) is 1.29. The summed E-state index contributed by atoms with van der Waals surface area (Å²) in [6.07, 6.45) is 4.61. The lowest BCUT2D eigenvalue weighted by Gasteiger charge is -2.03. The van der Waals surface area contributed by atoms with Crippen LogP contribution < -0.4 is 0 Å². The highest BCUT2D eigenvalue weighted by Crippen LogP contribution is 2.11. The molecule has 18 heavy (non-hydrogen) atoms. The van der Waals surface area contributed by atoms with Crippen LogP contribution in [0.4, 0.5) is 0 Å². The molecule has 1 heterocycles. The second-order valence-corrected chi connectivity index (χ2v) is 3.44. The van der Waals surface area contributed by atoms with E-state index in [0.717, 1.165) is 0 Å². The SMILES string of the molecule is COC(=O)C(=C/C(C)=C/c1ccco1)C(=O)OC. The van der Waals surface area contributed by atoms with Gasteiger partial charge in [-0.25, -0.2) is 9.59 Å². The summed E-state index contributed by atoms with van der Waals surface area (Å²) in [5.74, 6) is -0.860. The van der Waals surface area contributed by atoms with Gasteiger partial charge < -0.3 is 13.9 Å². The Labute approximate surface area is 105 Å². The Hall–Kier alpha value is -2.30. The number of esters is 2. The van der Waals surface area contributed by atoms with Crippen molar-refractivity contribution in [2.24, 2.45) is 0 Å². The second kappa shape index (κ2) is 6.44. The lowest BCUT2D eigenvalue weighted by molar-refractivity contribution is -0.144. The molecule has 1 aromatic rings. The first-order chi connectivity index (χ1) is 8.58. The van der Waals surface area contributed by atoms with Crippen molar-refractivity contribution in [2.75, 3.05) is 14.2 Å². The van der Waals surface area contributed by atoms with Gasteiger partial charge in [-0.15, -0.1) is 0 Å². The van der Waals surface area contributed by atoms with E-state index in [2.05, 4.69) is 9.47 Å². The van der Waals surface area contributed by atoms with Crippen molar-refractivity contribution in [2.45, 2.75) is 6.92 Å². The molecular formula is C13H14O5. The number of carbonyl (C=O) groups is 2. The molecule has 5 heteroatoms. The predicted molar refractivity (Wildman–Crippen MR) is 64.5 cm³/mol. The van der Waals surface area contributed by atoms with Crippen LogP contribution >= 0.6 is 0 Å². The highest BCUT2D eigenvalue weighted by atomic mass is 16.5. The Morgan fingerprint density at radius 2 is 1.83 bits per heavy atom. The van der Waals surface area contributed by atoms with Gasteiger partial charge in [-0.1, -0.05) is 0 Å². The molecule has 96 valence electrons. The standard InChI is InChI=1S/C13H14O5/c1-9(7-10-5-4-6-18-10)8-11(12(14)16-2)13(15)17-3/h4-8H,1-3H3/b9-7+. The lowest BCUT2D eigenvalue weighted by Crippen LogP contribution is -2.15. The maximum absolute atomic E-state index is 11.4. The molecule has 1 rings (SSSR count). The van der Waals surface area contributed by atoms with E-state index in [4.69, 9.17) is 4.42 Å². The van der Waals surface area contributed by atoms with E-state index in [1.54, 1.807) is 25.1 Å². The average molecular weight is 250 g/mol. The Morgan fingerprint density at radius 1 is 1.22 bits per heavy atom. The van der Waals surface area contributed by atoms with Crippen LogP contribution in [0.1, 0.15) is 12.7 Å². The summed E-state index contributed by atoms with van der Waals surface area (Å²) in [7, 11) is 2.40. The number of rotatable bonds is 4. The quantitative estimate of drug-likeness (QED) is 0.269. The zero-order chi connectivity index (χ0) is 13.5. The number of ether oxygens (including phenoxy) is 2. The van der Waals surface area contributed by atoms with E-state index in [1.807, 2.05) is 0 Å². The van der Waals surface area contributed by atoms with Crippen molar-refractivity contribution < 1.29 is 23.5 Å². The molecule has 0 radical (unpaired) electrons. The third-order valence-electron chi connectivity index (χ3n) is 2.10. The van der Waals surface area contributed by atoms with Crippen LogP contribution in [0.3, 0.4) is 0 Å². The molecule has 0 atom stereocenters. The second-order valence-electron chi connectivity index (χ2n) is 3.44. The van der Waals surface area contributed by atoms with Gasteiger partial charge in [-0.05, 0) is 36.8 Å². The van der Waals surface area contributed by atoms with E-state index < -0.39 is 11.9 Å². The summed E-state index contributed by atoms with van der Waals surface area (Å²) in [4.78, 5) is 22.8. The largest absolute Gasteiger partial charge is 0.465 e. The molecule has 1 aromatic heterocycles. The minimum atomic E-state index is -0.742. The molecule has 0 aliphatic rings. The maximum Gasteiger partial charge on any atom is 0.345 e. The monoisotopic (exact) mass is 250 g/mol. The Bertz CT molecular complexity index is 461. The van der Waals surface area contributed by atoms with Crippen LogP contribution in [-0.2, 0) is 19.1 Å². The number of hydrogen-bond acceptors (Lipinski definition) is 5. The lowest BCUT2D eigenvalue weighted by atomic mass is 10.1. The van der Waals surface area contributed by atoms with E-state index in [1.165, 1.54) is 26.6 Å². The number of methoxy groups -OCH3 is 2. The first-order valence-corrected chi connectivity index (χ1v) is 5.18. The third kappa shape index (κ3) is 3.62. The molecule has 0 amide bonds. The van der Waals surface area contributed by atoms with Gasteiger partial charge in [0.2, 0.25) is 0 Å². The van der Waals surface area contributed by atoms with Crippen LogP contribution in [0.15, 0.2) is 40.0 Å². The van der Waals surface area contributed by atoms with Crippen LogP contribution in [0.5, 0.6) is 0 Å². The molecule has 0 spiro atoms. The van der Waals surface area contributed by atoms with Crippen LogP contribution in [-0.4, -0.2) is 26.2 Å². The maximum atomic E-state index is 11.4. The summed E-state index contributed by atoms with van der Waals surface area (Å²) < 4.78 is 14.1. The van der Waals surface area contributed by atoms with Gasteiger partial charge in [0.15, 0.2) is 0 Å². The van der Waals surface area contributed by atoms with Crippen molar-refractivity contribution in [3.63, 3.8) is 0 Å². The van der Waals surface area contributed by atoms with Gasteiger partial charge in [0.25, 0.3) is 0 Å². The van der Waals surface area contributed by atoms with Gasteiger partial charge >= 0.3 is 11.9 Å². The Kier molecular flexibility index (Phi) is 4.92. The van der Waals surface area contributed by atoms with Gasteiger partial charge in [-0.3, -0.25) is 0 Å². The van der Waals surface area contributed by atoms with Crippen molar-refractivity contribution in [3.05, 3.63) is 41.4 Å². The first kappa shape index (κ1) is 13.8. The fourth-order valence-corrected chi connectivity index (χ4v) is 1.29. The van der Waals surface area contributed by atoms with Crippen LogP contribution in [0.2, 0.25) is 0 Å². The Morgan fingerprint density at radius 3 is 2.28 bits per heavy atom. The smallest absolute Gasteiger partial charge is 0.345 e. The topological polar surface area (TPSA) is 65.7 Å². The molecule has 0 fully saturated rings. The molecule has 0 unspecified atom stereocenters. The summed E-state index contributed by atoms with van der Waals surface area (Å²) in [5.41, 5.74) is 0.496. The fraction of sp³-hybridized carbons (Fsp3) is 0.231. The molecule has 0 aromatic carbocycles. The minimum absolute atomic E-state index is 0.166. The van der Waals surface area contributed by atoms with E-state index in [-0.39, 0.29) is 5.57 Å². The van der Waals surface area contributed by atoms with Gasteiger partial charge in [-0.2, -0.15) is 0 Å². The summed E-state index contributed by atoms with van der Waals surface area (Å²) in [5, 5.41) is 0. The average Bonchev–Trinajstić information content (AvgIpc) is 2.86. The number of furan rings is 1. The molecule has 0 aliphatic carbocycles. The molecule has 5 nitrogen and oxygen atoms in total. The zero-order valence-electron chi connectivity index (χ0n) is 10.4. The summed E-state index contributed by atoms with van der Waals surface area (Å²) >= 11 is 0. The molecule has 0 aliphatic heterocycles. The molecular weight excluding hydrogens is 236 g/mol. The van der Waals surface area contributed by atoms with E-state index >= 15 is 0 Å². The first-order valence-electron chi connectivity index (χ1n) is 5.18. The predicted octanol–water partition coefficient (Wildman–Crippen LogP) is 1.96. The number of allylic oxidation sites excluding steroid dienone is 2. The number of hydrogen-bond donors (Lipinski definition) is 0. The van der Waals surface area contributed by atoms with Crippen molar-refractivity contribution in [1.29, 1.82) is 0 Å². The van der Waals surface area contributed by atoms with E-state index in [9.17, 15) is 9.59 Å². The molecule has 0 bridgehead atoms. The Balaban J connectivity index is 3.01. The van der Waals surface area contributed by atoms with Gasteiger partial charge in [0, 0.05) is 0 Å². The highest BCUT2D eigenvalue weighted by Gasteiger charge is 2.19. The van der Waals surface area contributed by atoms with Gasteiger partial charge in [0.05, 0.1) is 20.5 Å². The van der Waals surface area contributed by atoms with Crippen LogP contribution in [0.25, 0.3) is 6.08 Å². The zero-order valence-corrected chi connectivity index (χ0v) is 10.4. The number of carbonyl (C=O) groups excluding carboxylic acids is 2.